The quantitative estimate of drug-likeness (QED) is 0.315. The predicted molar refractivity (Wildman–Crippen MR) is 130 cm³/mol. The summed E-state index contributed by atoms with van der Waals surface area (Å²) in [4.78, 5) is 18.4. The number of hydrogen-bond acceptors (Lipinski definition) is 3. The molecule has 1 unspecified atom stereocenters. The monoisotopic (exact) mass is 517 g/mol. The number of likely N-dealkylation sites (tertiary alicyclic amines) is 1. The van der Waals surface area contributed by atoms with E-state index < -0.39 is 0 Å². The van der Waals surface area contributed by atoms with Gasteiger partial charge in [0.05, 0.1) is 0 Å². The molecule has 0 saturated carbocycles. The van der Waals surface area contributed by atoms with Crippen molar-refractivity contribution in [3.63, 3.8) is 0 Å². The molecule has 0 aliphatic carbocycles. The summed E-state index contributed by atoms with van der Waals surface area (Å²) in [5, 5.41) is 9.82. The number of carbonyl (C=O) groups excluding carboxylic acids is 1. The van der Waals surface area contributed by atoms with Crippen molar-refractivity contribution in [3.8, 4) is 0 Å². The molecular weight excluding hydrogens is 485 g/mol. The van der Waals surface area contributed by atoms with Crippen molar-refractivity contribution >= 4 is 53.4 Å². The van der Waals surface area contributed by atoms with Gasteiger partial charge >= 0.3 is 6.03 Å². The molecule has 2 fully saturated rings. The van der Waals surface area contributed by atoms with Crippen LogP contribution in [0.4, 0.5) is 10.5 Å². The fourth-order valence-corrected chi connectivity index (χ4v) is 4.78. The molecular formula is C20H32IN5OS. The Kier molecular flexibility index (Phi) is 9.20. The number of anilines is 1. The Morgan fingerprint density at radius 3 is 2.71 bits per heavy atom. The molecule has 2 aliphatic heterocycles. The van der Waals surface area contributed by atoms with E-state index in [4.69, 9.17) is 0 Å². The van der Waals surface area contributed by atoms with Gasteiger partial charge in [0.15, 0.2) is 5.96 Å². The second-order valence-corrected chi connectivity index (χ2v) is 9.19. The first-order valence-electron chi connectivity index (χ1n) is 9.81. The van der Waals surface area contributed by atoms with Crippen molar-refractivity contribution in [1.29, 1.82) is 0 Å². The van der Waals surface area contributed by atoms with Crippen LogP contribution in [-0.4, -0.2) is 54.1 Å². The first-order chi connectivity index (χ1) is 13.1. The summed E-state index contributed by atoms with van der Waals surface area (Å²) < 4.78 is 0.303. The van der Waals surface area contributed by atoms with Crippen LogP contribution in [0.5, 0.6) is 0 Å². The zero-order valence-corrected chi connectivity index (χ0v) is 19.9. The summed E-state index contributed by atoms with van der Waals surface area (Å²) in [6.45, 7) is 5.61. The average Bonchev–Trinajstić information content (AvgIpc) is 3.34. The molecule has 2 saturated heterocycles. The molecule has 3 N–H and O–H groups in total. The topological polar surface area (TPSA) is 68.8 Å². The lowest BCUT2D eigenvalue weighted by Crippen LogP contribution is -2.43. The Morgan fingerprint density at radius 1 is 1.25 bits per heavy atom. The molecule has 0 radical (unpaired) electrons. The van der Waals surface area contributed by atoms with E-state index in [1.54, 1.807) is 7.05 Å². The van der Waals surface area contributed by atoms with Crippen LogP contribution in [0.25, 0.3) is 0 Å². The highest BCUT2D eigenvalue weighted by molar-refractivity contribution is 14.0. The third kappa shape index (κ3) is 6.72. The zero-order valence-electron chi connectivity index (χ0n) is 16.8. The van der Waals surface area contributed by atoms with Crippen molar-refractivity contribution in [1.82, 2.24) is 15.5 Å². The maximum atomic E-state index is 12.2. The van der Waals surface area contributed by atoms with Crippen molar-refractivity contribution in [2.45, 2.75) is 43.9 Å². The summed E-state index contributed by atoms with van der Waals surface area (Å²) in [6, 6.07) is 7.98. The van der Waals surface area contributed by atoms with Gasteiger partial charge in [-0.2, -0.15) is 11.8 Å². The Hall–Kier alpha value is -1.16. The number of nitrogens with zero attached hydrogens (tertiary/aromatic N) is 2. The summed E-state index contributed by atoms with van der Waals surface area (Å²) >= 11 is 2.04. The number of nitrogens with one attached hydrogen (secondary N) is 3. The van der Waals surface area contributed by atoms with Gasteiger partial charge in [0, 0.05) is 43.7 Å². The lowest BCUT2D eigenvalue weighted by Gasteiger charge is -2.24. The van der Waals surface area contributed by atoms with E-state index >= 15 is 0 Å². The van der Waals surface area contributed by atoms with Gasteiger partial charge in [-0.05, 0) is 56.1 Å². The maximum absolute atomic E-state index is 12.2. The minimum absolute atomic E-state index is 0. The van der Waals surface area contributed by atoms with Crippen molar-refractivity contribution in [2.24, 2.45) is 4.99 Å². The van der Waals surface area contributed by atoms with Crippen molar-refractivity contribution in [3.05, 3.63) is 29.8 Å². The van der Waals surface area contributed by atoms with E-state index in [1.165, 1.54) is 18.6 Å². The van der Waals surface area contributed by atoms with Crippen LogP contribution in [-0.2, 0) is 6.54 Å². The maximum Gasteiger partial charge on any atom is 0.321 e. The van der Waals surface area contributed by atoms with E-state index in [9.17, 15) is 4.79 Å². The highest BCUT2D eigenvalue weighted by Crippen LogP contribution is 2.36. The SMILES string of the molecule is CN=C(NCc1cccc(NC(=O)N2CCCC2)c1)NCC1(C)CCCS1.I. The van der Waals surface area contributed by atoms with Crippen LogP contribution in [0, 0.1) is 0 Å². The summed E-state index contributed by atoms with van der Waals surface area (Å²) in [7, 11) is 1.80. The molecule has 6 nitrogen and oxygen atoms in total. The van der Waals surface area contributed by atoms with E-state index in [-0.39, 0.29) is 30.0 Å². The van der Waals surface area contributed by atoms with Crippen LogP contribution in [0.3, 0.4) is 0 Å². The molecule has 1 atom stereocenters. The Bertz CT molecular complexity index is 672. The number of benzene rings is 1. The smallest absolute Gasteiger partial charge is 0.321 e. The molecule has 2 amide bonds. The molecule has 8 heteroatoms. The normalized spacial score (nSPS) is 21.9. The summed E-state index contributed by atoms with van der Waals surface area (Å²) in [5.74, 6) is 2.07. The third-order valence-corrected chi connectivity index (χ3v) is 6.72. The highest BCUT2D eigenvalue weighted by atomic mass is 127. The van der Waals surface area contributed by atoms with Crippen molar-refractivity contribution < 1.29 is 4.79 Å². The van der Waals surface area contributed by atoms with Gasteiger partial charge in [-0.1, -0.05) is 12.1 Å². The van der Waals surface area contributed by atoms with Gasteiger partial charge in [0.1, 0.15) is 0 Å². The fraction of sp³-hybridized carbons (Fsp3) is 0.600. The molecule has 2 heterocycles. The number of guanidine groups is 1. The number of urea groups is 1. The van der Waals surface area contributed by atoms with Gasteiger partial charge in [-0.25, -0.2) is 4.79 Å². The first-order valence-corrected chi connectivity index (χ1v) is 10.8. The van der Waals surface area contributed by atoms with Crippen LogP contribution in [0.15, 0.2) is 29.3 Å². The number of rotatable bonds is 5. The number of amides is 2. The van der Waals surface area contributed by atoms with Crippen LogP contribution in [0.1, 0.15) is 38.2 Å². The van der Waals surface area contributed by atoms with Crippen LogP contribution in [0.2, 0.25) is 0 Å². The van der Waals surface area contributed by atoms with E-state index in [0.29, 0.717) is 11.3 Å². The molecule has 1 aromatic carbocycles. The second kappa shape index (κ2) is 11.1. The summed E-state index contributed by atoms with van der Waals surface area (Å²) in [5.41, 5.74) is 1.95. The molecule has 156 valence electrons. The zero-order chi connectivity index (χ0) is 19.1. The largest absolute Gasteiger partial charge is 0.355 e. The average molecular weight is 517 g/mol. The molecule has 0 spiro atoms. The number of hydrogen-bond donors (Lipinski definition) is 3. The van der Waals surface area contributed by atoms with Gasteiger partial charge < -0.3 is 20.9 Å². The second-order valence-electron chi connectivity index (χ2n) is 7.51. The Balaban J connectivity index is 0.00000280. The van der Waals surface area contributed by atoms with Gasteiger partial charge in [0.2, 0.25) is 0 Å². The van der Waals surface area contributed by atoms with Gasteiger partial charge in [-0.15, -0.1) is 24.0 Å². The standard InChI is InChI=1S/C20H31N5OS.HI/c1-20(9-6-12-27-20)15-23-18(21-2)22-14-16-7-5-8-17(13-16)24-19(26)25-10-3-4-11-25;/h5,7-8,13H,3-4,6,9-12,14-15H2,1-2H3,(H,24,26)(H2,21,22,23);1H. The van der Waals surface area contributed by atoms with E-state index in [1.807, 2.05) is 34.9 Å². The highest BCUT2D eigenvalue weighted by Gasteiger charge is 2.29. The Morgan fingerprint density at radius 2 is 2.04 bits per heavy atom. The number of aliphatic imine (C=N–C) groups is 1. The Labute approximate surface area is 189 Å². The number of thioether (sulfide) groups is 1. The number of carbonyl (C=O) groups is 1. The van der Waals surface area contributed by atoms with Gasteiger partial charge in [-0.3, -0.25) is 4.99 Å². The first kappa shape index (κ1) is 23.1. The van der Waals surface area contributed by atoms with Gasteiger partial charge in [0.25, 0.3) is 0 Å². The molecule has 3 rings (SSSR count). The molecule has 0 aromatic heterocycles. The number of halogens is 1. The fourth-order valence-electron chi connectivity index (χ4n) is 3.54. The molecule has 28 heavy (non-hydrogen) atoms. The van der Waals surface area contributed by atoms with Crippen LogP contribution < -0.4 is 16.0 Å². The minimum atomic E-state index is -0.00241. The van der Waals surface area contributed by atoms with E-state index in [2.05, 4.69) is 33.9 Å². The molecule has 0 bridgehead atoms. The van der Waals surface area contributed by atoms with E-state index in [0.717, 1.165) is 49.7 Å². The third-order valence-electron chi connectivity index (χ3n) is 5.19. The summed E-state index contributed by atoms with van der Waals surface area (Å²) in [6.07, 6.45) is 4.74. The molecule has 1 aromatic rings. The van der Waals surface area contributed by atoms with Crippen molar-refractivity contribution in [2.75, 3.05) is 37.8 Å². The molecule has 2 aliphatic rings. The lowest BCUT2D eigenvalue weighted by molar-refractivity contribution is 0.222. The predicted octanol–water partition coefficient (Wildman–Crippen LogP) is 3.88. The lowest BCUT2D eigenvalue weighted by atomic mass is 10.1. The van der Waals surface area contributed by atoms with Crippen LogP contribution >= 0.6 is 35.7 Å². The minimum Gasteiger partial charge on any atom is -0.355 e.